The van der Waals surface area contributed by atoms with Crippen LogP contribution in [0, 0.1) is 6.92 Å². The zero-order chi connectivity index (χ0) is 26.8. The number of fused-ring (bicyclic) bond motifs is 1. The molecule has 3 aromatic rings. The quantitative estimate of drug-likeness (QED) is 0.295. The van der Waals surface area contributed by atoms with Crippen LogP contribution in [0.3, 0.4) is 0 Å². The normalized spacial score (nSPS) is 14.1. The van der Waals surface area contributed by atoms with Crippen LogP contribution in [0.15, 0.2) is 71.6 Å². The van der Waals surface area contributed by atoms with Gasteiger partial charge in [-0.15, -0.1) is 0 Å². The van der Waals surface area contributed by atoms with Crippen LogP contribution in [0.4, 0.5) is 5.69 Å². The molecule has 0 aromatic heterocycles. The SMILES string of the molecule is COc1ccc(/C=C/C(=O)c2ccc(OC)c3c2OC(C)(C)C=C3)cc1NS(=O)(=O)c1ccc(C)cc1. The van der Waals surface area contributed by atoms with Crippen LogP contribution in [0.1, 0.15) is 40.9 Å². The number of anilines is 1. The molecule has 0 amide bonds. The molecule has 0 aliphatic carbocycles. The summed E-state index contributed by atoms with van der Waals surface area (Å²) in [6.45, 7) is 5.70. The van der Waals surface area contributed by atoms with E-state index in [-0.39, 0.29) is 16.4 Å². The van der Waals surface area contributed by atoms with Crippen LogP contribution in [0.5, 0.6) is 17.2 Å². The number of rotatable bonds is 8. The Morgan fingerprint density at radius 2 is 1.65 bits per heavy atom. The second-order valence-electron chi connectivity index (χ2n) is 9.17. The maximum atomic E-state index is 13.2. The summed E-state index contributed by atoms with van der Waals surface area (Å²) in [5.74, 6) is 1.17. The van der Waals surface area contributed by atoms with Crippen molar-refractivity contribution in [1.82, 2.24) is 0 Å². The number of allylic oxidation sites excluding steroid dienone is 1. The van der Waals surface area contributed by atoms with Crippen molar-refractivity contribution < 1.29 is 27.4 Å². The highest BCUT2D eigenvalue weighted by atomic mass is 32.2. The molecule has 8 heteroatoms. The standard InChI is InChI=1S/C29H29NO6S/c1-19-6-10-21(11-7-19)37(32,33)30-24-18-20(9-14-27(24)35-5)8-13-25(31)22-12-15-26(34-4)23-16-17-29(2,3)36-28(22)23/h6-18,30H,1-5H3/b13-8+. The van der Waals surface area contributed by atoms with Crippen molar-refractivity contribution in [2.24, 2.45) is 0 Å². The molecule has 192 valence electrons. The summed E-state index contributed by atoms with van der Waals surface area (Å²) in [7, 11) is -0.810. The molecule has 1 N–H and O–H groups in total. The number of carbonyl (C=O) groups excluding carboxylic acids is 1. The van der Waals surface area contributed by atoms with Gasteiger partial charge < -0.3 is 14.2 Å². The predicted molar refractivity (Wildman–Crippen MR) is 145 cm³/mol. The topological polar surface area (TPSA) is 90.9 Å². The highest BCUT2D eigenvalue weighted by molar-refractivity contribution is 7.92. The number of ether oxygens (including phenoxy) is 3. The molecule has 1 heterocycles. The highest BCUT2D eigenvalue weighted by Gasteiger charge is 2.27. The van der Waals surface area contributed by atoms with Gasteiger partial charge in [-0.05, 0) is 81.0 Å². The first-order valence-electron chi connectivity index (χ1n) is 11.6. The van der Waals surface area contributed by atoms with Crippen LogP contribution in [-0.2, 0) is 10.0 Å². The lowest BCUT2D eigenvalue weighted by Gasteiger charge is -2.29. The lowest BCUT2D eigenvalue weighted by molar-refractivity contribution is 0.103. The minimum atomic E-state index is -3.84. The largest absolute Gasteiger partial charge is 0.496 e. The van der Waals surface area contributed by atoms with Crippen LogP contribution in [-0.4, -0.2) is 34.0 Å². The van der Waals surface area contributed by atoms with Gasteiger partial charge >= 0.3 is 0 Å². The number of methoxy groups -OCH3 is 2. The molecule has 0 fully saturated rings. The molecule has 0 bridgehead atoms. The van der Waals surface area contributed by atoms with E-state index < -0.39 is 15.6 Å². The van der Waals surface area contributed by atoms with Crippen molar-refractivity contribution in [3.05, 3.63) is 89.0 Å². The van der Waals surface area contributed by atoms with E-state index in [1.165, 1.54) is 13.2 Å². The van der Waals surface area contributed by atoms with E-state index in [9.17, 15) is 13.2 Å². The second kappa shape index (κ2) is 10.1. The van der Waals surface area contributed by atoms with E-state index in [0.29, 0.717) is 33.9 Å². The van der Waals surface area contributed by atoms with Crippen molar-refractivity contribution in [2.75, 3.05) is 18.9 Å². The molecule has 1 aliphatic heterocycles. The van der Waals surface area contributed by atoms with Gasteiger partial charge in [-0.3, -0.25) is 9.52 Å². The Labute approximate surface area is 217 Å². The summed E-state index contributed by atoms with van der Waals surface area (Å²) in [5.41, 5.74) is 2.36. The van der Waals surface area contributed by atoms with Crippen molar-refractivity contribution in [3.63, 3.8) is 0 Å². The minimum absolute atomic E-state index is 0.137. The van der Waals surface area contributed by atoms with Crippen LogP contribution >= 0.6 is 0 Å². The second-order valence-corrected chi connectivity index (χ2v) is 10.9. The van der Waals surface area contributed by atoms with Gasteiger partial charge in [0.15, 0.2) is 5.78 Å². The number of hydrogen-bond acceptors (Lipinski definition) is 6. The number of aryl methyl sites for hydroxylation is 1. The summed E-state index contributed by atoms with van der Waals surface area (Å²) in [6, 6.07) is 14.9. The smallest absolute Gasteiger partial charge is 0.262 e. The number of hydrogen-bond donors (Lipinski definition) is 1. The maximum Gasteiger partial charge on any atom is 0.262 e. The summed E-state index contributed by atoms with van der Waals surface area (Å²) in [6.07, 6.45) is 6.86. The molecule has 3 aromatic carbocycles. The van der Waals surface area contributed by atoms with E-state index in [4.69, 9.17) is 14.2 Å². The van der Waals surface area contributed by atoms with E-state index in [2.05, 4.69) is 4.72 Å². The first kappa shape index (κ1) is 26.0. The lowest BCUT2D eigenvalue weighted by Crippen LogP contribution is -2.28. The van der Waals surface area contributed by atoms with Crippen LogP contribution in [0.2, 0.25) is 0 Å². The molecule has 0 radical (unpaired) electrons. The predicted octanol–water partition coefficient (Wildman–Crippen LogP) is 5.89. The molecular formula is C29H29NO6S. The van der Waals surface area contributed by atoms with Gasteiger partial charge in [0, 0.05) is 0 Å². The molecule has 0 saturated heterocycles. The number of benzene rings is 3. The fraction of sp³-hybridized carbons (Fsp3) is 0.207. The third-order valence-electron chi connectivity index (χ3n) is 5.88. The zero-order valence-corrected chi connectivity index (χ0v) is 22.2. The maximum absolute atomic E-state index is 13.2. The Morgan fingerprint density at radius 1 is 0.973 bits per heavy atom. The first-order chi connectivity index (χ1) is 17.5. The molecule has 0 atom stereocenters. The Morgan fingerprint density at radius 3 is 2.32 bits per heavy atom. The molecule has 0 saturated carbocycles. The minimum Gasteiger partial charge on any atom is -0.496 e. The number of nitrogens with one attached hydrogen (secondary N) is 1. The zero-order valence-electron chi connectivity index (χ0n) is 21.4. The van der Waals surface area contributed by atoms with E-state index in [1.807, 2.05) is 32.9 Å². The monoisotopic (exact) mass is 519 g/mol. The Bertz CT molecular complexity index is 1500. The van der Waals surface area contributed by atoms with Crippen molar-refractivity contribution in [2.45, 2.75) is 31.3 Å². The molecule has 37 heavy (non-hydrogen) atoms. The van der Waals surface area contributed by atoms with Crippen LogP contribution in [0.25, 0.3) is 12.2 Å². The van der Waals surface area contributed by atoms with Gasteiger partial charge in [-0.25, -0.2) is 8.42 Å². The summed E-state index contributed by atoms with van der Waals surface area (Å²) < 4.78 is 45.3. The van der Waals surface area contributed by atoms with Gasteiger partial charge in [0.1, 0.15) is 22.8 Å². The van der Waals surface area contributed by atoms with Gasteiger partial charge in [0.05, 0.1) is 35.9 Å². The van der Waals surface area contributed by atoms with Gasteiger partial charge in [0.2, 0.25) is 0 Å². The summed E-state index contributed by atoms with van der Waals surface area (Å²) in [4.78, 5) is 13.3. The van der Waals surface area contributed by atoms with Gasteiger partial charge in [0.25, 0.3) is 10.0 Å². The average molecular weight is 520 g/mol. The molecule has 1 aliphatic rings. The Balaban J connectivity index is 1.63. The number of sulfonamides is 1. The lowest BCUT2D eigenvalue weighted by atomic mass is 9.97. The van der Waals surface area contributed by atoms with Gasteiger partial charge in [-0.2, -0.15) is 0 Å². The summed E-state index contributed by atoms with van der Waals surface area (Å²) in [5, 5.41) is 0. The molecule has 0 unspecified atom stereocenters. The number of ketones is 1. The van der Waals surface area contributed by atoms with Crippen molar-refractivity contribution in [3.8, 4) is 17.2 Å². The third kappa shape index (κ3) is 5.70. The van der Waals surface area contributed by atoms with Gasteiger partial charge in [-0.1, -0.05) is 29.8 Å². The fourth-order valence-electron chi connectivity index (χ4n) is 3.89. The van der Waals surface area contributed by atoms with Crippen molar-refractivity contribution >= 4 is 33.6 Å². The Kier molecular flexibility index (Phi) is 7.14. The molecule has 0 spiro atoms. The fourth-order valence-corrected chi connectivity index (χ4v) is 4.96. The third-order valence-corrected chi connectivity index (χ3v) is 7.27. The average Bonchev–Trinajstić information content (AvgIpc) is 2.86. The summed E-state index contributed by atoms with van der Waals surface area (Å²) >= 11 is 0. The number of carbonyl (C=O) groups is 1. The van der Waals surface area contributed by atoms with E-state index >= 15 is 0 Å². The first-order valence-corrected chi connectivity index (χ1v) is 13.1. The molecule has 4 rings (SSSR count). The van der Waals surface area contributed by atoms with E-state index in [0.717, 1.165) is 5.56 Å². The van der Waals surface area contributed by atoms with E-state index in [1.54, 1.807) is 67.8 Å². The van der Waals surface area contributed by atoms with Crippen molar-refractivity contribution in [1.29, 1.82) is 0 Å². The highest BCUT2D eigenvalue weighted by Crippen LogP contribution is 2.40. The molecule has 7 nitrogen and oxygen atoms in total. The molecular weight excluding hydrogens is 490 g/mol. The van der Waals surface area contributed by atoms with Crippen LogP contribution < -0.4 is 18.9 Å². The Hall–Kier alpha value is -4.04.